The molecule has 3 aromatic heterocycles. The Morgan fingerprint density at radius 2 is 2.22 bits per heavy atom. The van der Waals surface area contributed by atoms with Crippen molar-refractivity contribution in [1.29, 1.82) is 0 Å². The SMILES string of the molecule is COc1ccc2ncc(F)c(CCN3C/C(=N\O)[C@H](CNCc4ccc5c(n4)NC(=O)CO5)C3)c2n1. The predicted octanol–water partition coefficient (Wildman–Crippen LogP) is 1.60. The number of aromatic nitrogens is 3. The van der Waals surface area contributed by atoms with Gasteiger partial charge < -0.3 is 25.3 Å². The van der Waals surface area contributed by atoms with E-state index in [4.69, 9.17) is 9.47 Å². The van der Waals surface area contributed by atoms with Crippen molar-refractivity contribution in [2.45, 2.75) is 13.0 Å². The van der Waals surface area contributed by atoms with Crippen molar-refractivity contribution in [3.63, 3.8) is 0 Å². The van der Waals surface area contributed by atoms with Gasteiger partial charge in [0.2, 0.25) is 5.88 Å². The van der Waals surface area contributed by atoms with Crippen LogP contribution in [0.3, 0.4) is 0 Å². The lowest BCUT2D eigenvalue weighted by molar-refractivity contribution is -0.118. The third-order valence-electron chi connectivity index (χ3n) is 6.32. The summed E-state index contributed by atoms with van der Waals surface area (Å²) >= 11 is 0. The van der Waals surface area contributed by atoms with E-state index in [0.29, 0.717) is 78.9 Å². The van der Waals surface area contributed by atoms with Crippen LogP contribution in [0.25, 0.3) is 11.0 Å². The normalized spacial score (nSPS) is 18.8. The van der Waals surface area contributed by atoms with Crippen LogP contribution >= 0.6 is 0 Å². The molecule has 0 aromatic carbocycles. The maximum absolute atomic E-state index is 14.6. The summed E-state index contributed by atoms with van der Waals surface area (Å²) in [6, 6.07) is 7.07. The molecule has 0 unspecified atom stereocenters. The molecule has 1 saturated heterocycles. The average molecular weight is 496 g/mol. The second-order valence-corrected chi connectivity index (χ2v) is 8.70. The minimum atomic E-state index is -0.407. The van der Waals surface area contributed by atoms with E-state index in [1.807, 2.05) is 6.07 Å². The van der Waals surface area contributed by atoms with E-state index in [0.717, 1.165) is 5.69 Å². The highest BCUT2D eigenvalue weighted by Gasteiger charge is 2.29. The maximum Gasteiger partial charge on any atom is 0.263 e. The smallest absolute Gasteiger partial charge is 0.263 e. The number of halogens is 1. The van der Waals surface area contributed by atoms with Gasteiger partial charge in [0, 0.05) is 50.3 Å². The zero-order valence-corrected chi connectivity index (χ0v) is 19.7. The Hall–Kier alpha value is -3.90. The summed E-state index contributed by atoms with van der Waals surface area (Å²) in [7, 11) is 1.52. The second kappa shape index (κ2) is 10.4. The van der Waals surface area contributed by atoms with Crippen LogP contribution in [-0.4, -0.2) is 76.6 Å². The van der Waals surface area contributed by atoms with Crippen molar-refractivity contribution < 1.29 is 23.9 Å². The van der Waals surface area contributed by atoms with E-state index in [-0.39, 0.29) is 18.4 Å². The van der Waals surface area contributed by atoms with Gasteiger partial charge in [-0.2, -0.15) is 0 Å². The topological polar surface area (TPSA) is 134 Å². The van der Waals surface area contributed by atoms with Crippen LogP contribution in [0, 0.1) is 11.7 Å². The molecule has 0 bridgehead atoms. The van der Waals surface area contributed by atoms with Crippen molar-refractivity contribution >= 4 is 28.5 Å². The molecule has 0 radical (unpaired) electrons. The molecule has 5 rings (SSSR count). The highest BCUT2D eigenvalue weighted by atomic mass is 19.1. The quantitative estimate of drug-likeness (QED) is 0.315. The molecule has 188 valence electrons. The summed E-state index contributed by atoms with van der Waals surface area (Å²) in [5.41, 5.74) is 3.00. The molecular weight excluding hydrogens is 469 g/mol. The van der Waals surface area contributed by atoms with Crippen LogP contribution in [0.4, 0.5) is 10.2 Å². The number of oxime groups is 1. The number of fused-ring (bicyclic) bond motifs is 2. The average Bonchev–Trinajstić information content (AvgIpc) is 3.29. The molecule has 0 saturated carbocycles. The van der Waals surface area contributed by atoms with Gasteiger partial charge in [0.15, 0.2) is 18.2 Å². The number of carbonyl (C=O) groups excluding carboxylic acids is 1. The summed E-state index contributed by atoms with van der Waals surface area (Å²) in [4.78, 5) is 26.6. The molecule has 3 aromatic rings. The largest absolute Gasteiger partial charge is 0.481 e. The molecule has 5 heterocycles. The lowest BCUT2D eigenvalue weighted by Gasteiger charge is -2.18. The number of methoxy groups -OCH3 is 1. The van der Waals surface area contributed by atoms with E-state index < -0.39 is 5.82 Å². The molecule has 1 amide bonds. The van der Waals surface area contributed by atoms with Crippen molar-refractivity contribution in [1.82, 2.24) is 25.2 Å². The van der Waals surface area contributed by atoms with Crippen LogP contribution in [0.15, 0.2) is 35.6 Å². The van der Waals surface area contributed by atoms with Gasteiger partial charge in [0.25, 0.3) is 5.91 Å². The minimum absolute atomic E-state index is 0.00656. The van der Waals surface area contributed by atoms with E-state index >= 15 is 0 Å². The first-order valence-corrected chi connectivity index (χ1v) is 11.6. The number of anilines is 1. The van der Waals surface area contributed by atoms with Gasteiger partial charge in [-0.1, -0.05) is 5.16 Å². The van der Waals surface area contributed by atoms with Crippen molar-refractivity contribution in [2.75, 3.05) is 45.2 Å². The van der Waals surface area contributed by atoms with Crippen molar-refractivity contribution in [3.8, 4) is 11.6 Å². The van der Waals surface area contributed by atoms with Gasteiger partial charge in [0.1, 0.15) is 5.82 Å². The number of rotatable bonds is 8. The number of amides is 1. The van der Waals surface area contributed by atoms with Gasteiger partial charge in [-0.3, -0.25) is 14.7 Å². The second-order valence-electron chi connectivity index (χ2n) is 8.70. The first-order valence-electron chi connectivity index (χ1n) is 11.6. The number of nitrogens with one attached hydrogen (secondary N) is 2. The number of likely N-dealkylation sites (tertiary alicyclic amines) is 1. The Labute approximate surface area is 206 Å². The summed E-state index contributed by atoms with van der Waals surface area (Å²) in [6.07, 6.45) is 1.64. The molecule has 0 spiro atoms. The number of pyridine rings is 3. The van der Waals surface area contributed by atoms with Gasteiger partial charge in [0.05, 0.1) is 35.7 Å². The van der Waals surface area contributed by atoms with Gasteiger partial charge >= 0.3 is 0 Å². The molecule has 3 N–H and O–H groups in total. The van der Waals surface area contributed by atoms with E-state index in [2.05, 4.69) is 35.6 Å². The third kappa shape index (κ3) is 5.04. The number of hydrogen-bond acceptors (Lipinski definition) is 10. The highest BCUT2D eigenvalue weighted by molar-refractivity contribution is 5.94. The Kier molecular flexibility index (Phi) is 6.87. The first-order chi connectivity index (χ1) is 17.5. The number of ether oxygens (including phenoxy) is 2. The summed E-state index contributed by atoms with van der Waals surface area (Å²) in [6.45, 7) is 2.75. The fourth-order valence-electron chi connectivity index (χ4n) is 4.48. The van der Waals surface area contributed by atoms with E-state index in [1.54, 1.807) is 18.2 Å². The molecule has 2 aliphatic rings. The fraction of sp³-hybridized carbons (Fsp3) is 0.375. The zero-order valence-electron chi connectivity index (χ0n) is 19.7. The standard InChI is InChI=1S/C24H26FN7O4/c1-35-22-5-3-18-23(30-22)16(17(25)10-27-18)6-7-32-11-14(19(12-32)31-34)8-26-9-15-2-4-20-24(28-15)29-21(33)13-36-20/h2-5,10,14,26,34H,6-9,11-13H2,1H3,(H,28,29,33)/b31-19+/t14-/m1/s1. The van der Waals surface area contributed by atoms with Crippen LogP contribution in [0.2, 0.25) is 0 Å². The molecule has 12 heteroatoms. The molecular formula is C24H26FN7O4. The van der Waals surface area contributed by atoms with Crippen molar-refractivity contribution in [2.24, 2.45) is 11.1 Å². The molecule has 1 atom stereocenters. The molecule has 11 nitrogen and oxygen atoms in total. The Bertz CT molecular complexity index is 1320. The lowest BCUT2D eigenvalue weighted by Crippen LogP contribution is -2.29. The van der Waals surface area contributed by atoms with E-state index in [1.165, 1.54) is 13.3 Å². The summed E-state index contributed by atoms with van der Waals surface area (Å²) < 4.78 is 25.2. The minimum Gasteiger partial charge on any atom is -0.481 e. The molecule has 2 aliphatic heterocycles. The predicted molar refractivity (Wildman–Crippen MR) is 129 cm³/mol. The van der Waals surface area contributed by atoms with Crippen LogP contribution < -0.4 is 20.1 Å². The van der Waals surface area contributed by atoms with Crippen LogP contribution in [0.1, 0.15) is 11.3 Å². The molecule has 36 heavy (non-hydrogen) atoms. The summed E-state index contributed by atoms with van der Waals surface area (Å²) in [5, 5.41) is 19.1. The lowest BCUT2D eigenvalue weighted by atomic mass is 10.1. The number of nitrogens with zero attached hydrogens (tertiary/aromatic N) is 5. The monoisotopic (exact) mass is 495 g/mol. The Morgan fingerprint density at radius 3 is 3.06 bits per heavy atom. The van der Waals surface area contributed by atoms with E-state index in [9.17, 15) is 14.4 Å². The number of carbonyl (C=O) groups is 1. The molecule has 0 aliphatic carbocycles. The van der Waals surface area contributed by atoms with Gasteiger partial charge in [-0.05, 0) is 24.6 Å². The fourth-order valence-corrected chi connectivity index (χ4v) is 4.48. The van der Waals surface area contributed by atoms with Crippen molar-refractivity contribution in [3.05, 3.63) is 47.5 Å². The third-order valence-corrected chi connectivity index (χ3v) is 6.32. The highest BCUT2D eigenvalue weighted by Crippen LogP contribution is 2.25. The molecule has 1 fully saturated rings. The summed E-state index contributed by atoms with van der Waals surface area (Å²) in [5.74, 6) is 0.722. The van der Waals surface area contributed by atoms with Crippen LogP contribution in [-0.2, 0) is 17.8 Å². The Morgan fingerprint density at radius 1 is 1.33 bits per heavy atom. The Balaban J connectivity index is 1.18. The zero-order chi connectivity index (χ0) is 25.1. The van der Waals surface area contributed by atoms with Gasteiger partial charge in [-0.15, -0.1) is 0 Å². The number of hydrogen-bond donors (Lipinski definition) is 3. The first kappa shape index (κ1) is 23.8. The maximum atomic E-state index is 14.6. The van der Waals surface area contributed by atoms with Crippen LogP contribution in [0.5, 0.6) is 11.6 Å². The van der Waals surface area contributed by atoms with Gasteiger partial charge in [-0.25, -0.2) is 14.4 Å².